The number of amides is 1. The van der Waals surface area contributed by atoms with Crippen LogP contribution in [0.25, 0.3) is 0 Å². The molecule has 0 aromatic heterocycles. The molecule has 1 rings (SSSR count). The second-order valence-corrected chi connectivity index (χ2v) is 6.02. The van der Waals surface area contributed by atoms with Gasteiger partial charge in [0.1, 0.15) is 5.82 Å². The van der Waals surface area contributed by atoms with E-state index < -0.39 is 17.3 Å². The summed E-state index contributed by atoms with van der Waals surface area (Å²) in [4.78, 5) is 22.6. The Bertz CT molecular complexity index is 503. The Hall–Kier alpha value is -1.18. The van der Waals surface area contributed by atoms with Crippen LogP contribution in [0.5, 0.6) is 0 Å². The molecule has 0 bridgehead atoms. The number of aliphatic carboxylic acids is 1. The van der Waals surface area contributed by atoms with Gasteiger partial charge in [0.15, 0.2) is 0 Å². The third kappa shape index (κ3) is 5.14. The average molecular weight is 379 g/mol. The van der Waals surface area contributed by atoms with Gasteiger partial charge in [-0.25, -0.2) is 4.39 Å². The molecule has 1 aromatic rings. The fourth-order valence-electron chi connectivity index (χ4n) is 1.53. The van der Waals surface area contributed by atoms with Crippen LogP contribution in [-0.4, -0.2) is 22.5 Å². The summed E-state index contributed by atoms with van der Waals surface area (Å²) in [7, 11) is 0. The fourth-order valence-corrected chi connectivity index (χ4v) is 2.25. The lowest BCUT2D eigenvalue weighted by atomic mass is 9.98. The zero-order valence-corrected chi connectivity index (χ0v) is 12.8. The summed E-state index contributed by atoms with van der Waals surface area (Å²) in [5, 5.41) is 11.4. The molecule has 0 saturated carbocycles. The van der Waals surface area contributed by atoms with Gasteiger partial charge in [-0.2, -0.15) is 0 Å². The Morgan fingerprint density at radius 3 is 2.58 bits per heavy atom. The maximum Gasteiger partial charge on any atom is 0.303 e. The van der Waals surface area contributed by atoms with Crippen molar-refractivity contribution in [3.05, 3.63) is 33.1 Å². The molecule has 0 aliphatic carbocycles. The monoisotopic (exact) mass is 379 g/mol. The Morgan fingerprint density at radius 1 is 1.42 bits per heavy atom. The zero-order chi connectivity index (χ0) is 14.6. The van der Waals surface area contributed by atoms with Crippen molar-refractivity contribution in [2.24, 2.45) is 0 Å². The van der Waals surface area contributed by atoms with Crippen LogP contribution in [0.4, 0.5) is 4.39 Å². The molecule has 0 atom stereocenters. The molecule has 0 saturated heterocycles. The van der Waals surface area contributed by atoms with Crippen molar-refractivity contribution in [3.63, 3.8) is 0 Å². The number of rotatable bonds is 5. The summed E-state index contributed by atoms with van der Waals surface area (Å²) in [6.07, 6.45) is 0.305. The van der Waals surface area contributed by atoms with E-state index in [0.29, 0.717) is 15.6 Å². The smallest absolute Gasteiger partial charge is 0.303 e. The summed E-state index contributed by atoms with van der Waals surface area (Å²) in [5.41, 5.74) is -0.252. The minimum absolute atomic E-state index is 0.0200. The average Bonchev–Trinajstić information content (AvgIpc) is 2.25. The van der Waals surface area contributed by atoms with E-state index in [-0.39, 0.29) is 12.3 Å². The molecule has 1 aromatic carbocycles. The van der Waals surface area contributed by atoms with E-state index in [1.165, 1.54) is 18.2 Å². The minimum Gasteiger partial charge on any atom is -0.481 e. The quantitative estimate of drug-likeness (QED) is 0.774. The van der Waals surface area contributed by atoms with Crippen LogP contribution in [0.2, 0.25) is 0 Å². The Kier molecular flexibility index (Phi) is 5.28. The third-order valence-corrected chi connectivity index (χ3v) is 3.48. The normalized spacial score (nSPS) is 11.2. The summed E-state index contributed by atoms with van der Waals surface area (Å²) >= 11 is 1.89. The van der Waals surface area contributed by atoms with Gasteiger partial charge in [0.05, 0.1) is 5.56 Å². The van der Waals surface area contributed by atoms with Gasteiger partial charge >= 0.3 is 5.97 Å². The first kappa shape index (κ1) is 15.9. The van der Waals surface area contributed by atoms with Crippen LogP contribution in [0.3, 0.4) is 0 Å². The Morgan fingerprint density at radius 2 is 2.05 bits per heavy atom. The largest absolute Gasteiger partial charge is 0.481 e. The van der Waals surface area contributed by atoms with Crippen LogP contribution < -0.4 is 5.32 Å². The molecule has 1 amide bonds. The lowest BCUT2D eigenvalue weighted by Crippen LogP contribution is -2.44. The predicted octanol–water partition coefficient (Wildman–Crippen LogP) is 2.80. The molecule has 0 radical (unpaired) electrons. The highest BCUT2D eigenvalue weighted by Crippen LogP contribution is 2.17. The molecule has 0 aliphatic rings. The van der Waals surface area contributed by atoms with Crippen LogP contribution >= 0.6 is 22.6 Å². The molecule has 0 unspecified atom stereocenters. The predicted molar refractivity (Wildman–Crippen MR) is 77.5 cm³/mol. The van der Waals surface area contributed by atoms with Crippen molar-refractivity contribution in [1.82, 2.24) is 5.32 Å². The molecule has 0 fully saturated rings. The van der Waals surface area contributed by atoms with Crippen molar-refractivity contribution in [3.8, 4) is 0 Å². The molecule has 19 heavy (non-hydrogen) atoms. The number of benzene rings is 1. The van der Waals surface area contributed by atoms with Crippen LogP contribution in [0.15, 0.2) is 18.2 Å². The number of carbonyl (C=O) groups excluding carboxylic acids is 1. The standard InChI is InChI=1S/C13H15FINO3/c1-13(2,6-5-11(17)18)16-12(19)9-4-3-8(14)7-10(9)15/h3-4,7H,5-6H2,1-2H3,(H,16,19)(H,17,18). The first-order valence-corrected chi connectivity index (χ1v) is 6.78. The highest BCUT2D eigenvalue weighted by Gasteiger charge is 2.23. The molecule has 104 valence electrons. The van der Waals surface area contributed by atoms with Gasteiger partial charge in [-0.1, -0.05) is 0 Å². The van der Waals surface area contributed by atoms with Gasteiger partial charge in [0, 0.05) is 15.5 Å². The number of halogens is 2. The number of nitrogens with one attached hydrogen (secondary N) is 1. The Labute approximate surface area is 124 Å². The van der Waals surface area contributed by atoms with Crippen molar-refractivity contribution < 1.29 is 19.1 Å². The second kappa shape index (κ2) is 6.31. The van der Waals surface area contributed by atoms with E-state index in [4.69, 9.17) is 5.11 Å². The van der Waals surface area contributed by atoms with Gasteiger partial charge < -0.3 is 10.4 Å². The van der Waals surface area contributed by atoms with E-state index in [1.54, 1.807) is 13.8 Å². The molecule has 2 N–H and O–H groups in total. The number of hydrogen-bond acceptors (Lipinski definition) is 2. The molecule has 6 heteroatoms. The van der Waals surface area contributed by atoms with E-state index in [9.17, 15) is 14.0 Å². The minimum atomic E-state index is -0.904. The summed E-state index contributed by atoms with van der Waals surface area (Å²) in [6, 6.07) is 3.92. The van der Waals surface area contributed by atoms with Gasteiger partial charge in [-0.15, -0.1) is 0 Å². The van der Waals surface area contributed by atoms with Crippen LogP contribution in [-0.2, 0) is 4.79 Å². The van der Waals surface area contributed by atoms with Gasteiger partial charge in [0.25, 0.3) is 5.91 Å². The van der Waals surface area contributed by atoms with Crippen molar-refractivity contribution in [2.75, 3.05) is 0 Å². The summed E-state index contributed by atoms with van der Waals surface area (Å²) in [6.45, 7) is 3.51. The van der Waals surface area contributed by atoms with E-state index >= 15 is 0 Å². The lowest BCUT2D eigenvalue weighted by molar-refractivity contribution is -0.137. The fraction of sp³-hybridized carbons (Fsp3) is 0.385. The van der Waals surface area contributed by atoms with E-state index in [0.717, 1.165) is 0 Å². The van der Waals surface area contributed by atoms with Gasteiger partial charge in [-0.05, 0) is 61.1 Å². The number of carbonyl (C=O) groups is 2. The number of carboxylic acid groups (broad SMARTS) is 1. The Balaban J connectivity index is 2.75. The molecular formula is C13H15FINO3. The highest BCUT2D eigenvalue weighted by molar-refractivity contribution is 14.1. The molecule has 4 nitrogen and oxygen atoms in total. The summed E-state index contributed by atoms with van der Waals surface area (Å²) in [5.74, 6) is -1.63. The zero-order valence-electron chi connectivity index (χ0n) is 10.7. The van der Waals surface area contributed by atoms with Crippen LogP contribution in [0.1, 0.15) is 37.0 Å². The van der Waals surface area contributed by atoms with E-state index in [1.807, 2.05) is 22.6 Å². The SMILES string of the molecule is CC(C)(CCC(=O)O)NC(=O)c1ccc(F)cc1I. The van der Waals surface area contributed by atoms with Crippen LogP contribution in [0, 0.1) is 9.39 Å². The highest BCUT2D eigenvalue weighted by atomic mass is 127. The van der Waals surface area contributed by atoms with Gasteiger partial charge in [0.2, 0.25) is 0 Å². The second-order valence-electron chi connectivity index (χ2n) is 4.86. The number of hydrogen-bond donors (Lipinski definition) is 2. The maximum atomic E-state index is 13.0. The number of carboxylic acids is 1. The molecule has 0 heterocycles. The van der Waals surface area contributed by atoms with Crippen molar-refractivity contribution in [1.29, 1.82) is 0 Å². The topological polar surface area (TPSA) is 66.4 Å². The van der Waals surface area contributed by atoms with E-state index in [2.05, 4.69) is 5.32 Å². The molecular weight excluding hydrogens is 364 g/mol. The van der Waals surface area contributed by atoms with Crippen molar-refractivity contribution >= 4 is 34.5 Å². The first-order chi connectivity index (χ1) is 8.71. The molecule has 0 aliphatic heterocycles. The van der Waals surface area contributed by atoms with Gasteiger partial charge in [-0.3, -0.25) is 9.59 Å². The van der Waals surface area contributed by atoms with Crippen molar-refractivity contribution in [2.45, 2.75) is 32.2 Å². The first-order valence-electron chi connectivity index (χ1n) is 5.70. The summed E-state index contributed by atoms with van der Waals surface area (Å²) < 4.78 is 13.5. The third-order valence-electron chi connectivity index (χ3n) is 2.59. The lowest BCUT2D eigenvalue weighted by Gasteiger charge is -2.25. The maximum absolute atomic E-state index is 13.0. The molecule has 0 spiro atoms.